The predicted molar refractivity (Wildman–Crippen MR) is 482 cm³/mol. The highest BCUT2D eigenvalue weighted by molar-refractivity contribution is 8.77. The number of amides is 10. The number of nitrogens with zero attached hydrogens (tertiary/aromatic N) is 2. The standard InChI is InChI=1S/C87H120ClN13O19S4/c1-49-23-21-31-70(117-9)62-44-71(120-87(116)98-62)51(3)77(106)50(2)38-73(85(114)101(8)69-41-57(37-49)42-72(118-10)75(69)88)119-86(115)52(4)100(7)74(105)32-36-122-121-35-22-34-90-63(39-55-24-13-11-14-25-55)79(108)96-67-47-123-124-48-68(83(112)95-66(46-102)53(5)103)97-84(113)76(54(6)104)99-78(107)61(30-19-20-33-89)92-81(110)65(43-58-45-91-60-29-18-17-28-59(58)60)94-80(109)64(93-82(67)111)40-56-26-15-12-16-27-56/h11-18,21,23-29,31,41-42,45,50-54,61-68,70-71,73,76-77,90-91,102-104,106H,19-20,22,30,32-40,43-44,46-48,89H2,1-10H3,(H,92,110)(H,93,111)(H,94,109)(H,95,112)(H,96,108)(H,97,113)(H,98,116)(H,99,107)/b31-21+,49-23+/t50-,51-,52+,53-,54-,61+,62?,63-,64+,65-,66-,67?,68+,70-,71+,73?,76+,77-/m1/s1. The van der Waals surface area contributed by atoms with Gasteiger partial charge in [0.15, 0.2) is 6.10 Å². The van der Waals surface area contributed by atoms with Gasteiger partial charge in [0.05, 0.1) is 61.9 Å². The molecule has 8 rings (SSSR count). The number of hydrogen-bond donors (Lipinski definition) is 15. The number of unbranched alkanes of at least 4 members (excludes halogenated alkanes) is 1. The molecule has 4 heterocycles. The first-order valence-electron chi connectivity index (χ1n) is 41.6. The molecule has 37 heteroatoms. The van der Waals surface area contributed by atoms with Crippen LogP contribution in [0.2, 0.25) is 5.02 Å². The molecule has 16 N–H and O–H groups in total. The lowest BCUT2D eigenvalue weighted by atomic mass is 9.83. The fraction of sp³-hybridized carbons (Fsp3) is 0.529. The second-order valence-corrected chi connectivity index (χ2v) is 37.2. The summed E-state index contributed by atoms with van der Waals surface area (Å²) in [5, 5.41) is 70.0. The molecule has 0 radical (unpaired) electrons. The number of methoxy groups -OCH3 is 2. The number of fused-ring (bicyclic) bond motifs is 5. The summed E-state index contributed by atoms with van der Waals surface area (Å²) in [6, 6.07) is 16.0. The van der Waals surface area contributed by atoms with E-state index in [2.05, 4.69) is 52.8 Å². The number of ether oxygens (including phenoxy) is 4. The summed E-state index contributed by atoms with van der Waals surface area (Å²) < 4.78 is 23.3. The number of carbonyl (C=O) groups excluding carboxylic acids is 11. The molecule has 10 amide bonds. The molecule has 3 unspecified atom stereocenters. The minimum Gasteiger partial charge on any atom is -0.495 e. The average Bonchev–Trinajstić information content (AvgIpc) is 1.40. The number of aromatic nitrogens is 1. The number of esters is 1. The number of aromatic amines is 1. The molecule has 4 aromatic carbocycles. The van der Waals surface area contributed by atoms with Gasteiger partial charge in [-0.2, -0.15) is 0 Å². The van der Waals surface area contributed by atoms with Gasteiger partial charge < -0.3 is 108 Å². The zero-order valence-electron chi connectivity index (χ0n) is 71.6. The van der Waals surface area contributed by atoms with Crippen molar-refractivity contribution in [2.24, 2.45) is 17.6 Å². The maximum Gasteiger partial charge on any atom is 0.407 e. The lowest BCUT2D eigenvalue weighted by Gasteiger charge is -2.38. The molecule has 5 aromatic rings. The van der Waals surface area contributed by atoms with Crippen LogP contribution in [0.4, 0.5) is 10.5 Å². The number of halogens is 1. The SMILES string of the molecule is COc1cc2cc(c1Cl)N(C)C(=O)C(OC(=O)[C@H](C)N(C)C(=O)CCSSCCCN[C@H](Cc1ccccc1)C(=O)NC1CSSC[C@@H](C(=O)N[C@H](CO)[C@@H](C)O)NC(=O)[C@H]([C@@H](C)O)NC(=O)[C@H](CCCCN)NC(=O)[C@@H](Cc3c[nH]c4ccccc34)NC(=O)[C@H](Cc3ccccc3)NC1=O)C[C@@H](C)[C@@H](O)[C@H](C)[C@@H]1CC(NC(=O)O1)[C@H](OC)/C=C/C=C(\C)C2. The number of H-pyrrole nitrogens is 1. The fourth-order valence-corrected chi connectivity index (χ4v) is 19.2. The number of benzene rings is 4. The van der Waals surface area contributed by atoms with Gasteiger partial charge in [-0.1, -0.05) is 171 Å². The van der Waals surface area contributed by atoms with Gasteiger partial charge in [-0.3, -0.25) is 43.2 Å². The monoisotopic (exact) mass is 1810 g/mol. The van der Waals surface area contributed by atoms with Crippen LogP contribution >= 0.6 is 54.8 Å². The van der Waals surface area contributed by atoms with E-state index in [1.165, 1.54) is 80.5 Å². The largest absolute Gasteiger partial charge is 0.495 e. The Morgan fingerprint density at radius 1 is 0.782 bits per heavy atom. The minimum absolute atomic E-state index is 0.000319. The van der Waals surface area contributed by atoms with E-state index < -0.39 is 181 Å². The van der Waals surface area contributed by atoms with Crippen LogP contribution in [-0.2, 0) is 87.8 Å². The van der Waals surface area contributed by atoms with E-state index in [1.54, 1.807) is 62.5 Å². The van der Waals surface area contributed by atoms with Crippen molar-refractivity contribution in [1.82, 2.24) is 57.7 Å². The third-order valence-corrected chi connectivity index (χ3v) is 27.4. The molecule has 0 spiro atoms. The van der Waals surface area contributed by atoms with Crippen LogP contribution in [0.3, 0.4) is 0 Å². The molecule has 678 valence electrons. The molecular weight excluding hydrogens is 1690 g/mol. The van der Waals surface area contributed by atoms with E-state index in [1.807, 2.05) is 79.7 Å². The van der Waals surface area contributed by atoms with Crippen LogP contribution in [0.1, 0.15) is 109 Å². The van der Waals surface area contributed by atoms with Crippen molar-refractivity contribution in [3.63, 3.8) is 0 Å². The summed E-state index contributed by atoms with van der Waals surface area (Å²) in [6.45, 7) is 9.25. The molecule has 3 aliphatic rings. The fourth-order valence-electron chi connectivity index (χ4n) is 14.5. The number of anilines is 1. The molecule has 124 heavy (non-hydrogen) atoms. The Morgan fingerprint density at radius 3 is 2.11 bits per heavy atom. The van der Waals surface area contributed by atoms with Gasteiger partial charge in [0.2, 0.25) is 47.3 Å². The second kappa shape index (κ2) is 50.4. The molecule has 2 saturated heterocycles. The number of aliphatic hydroxyl groups excluding tert-OH is 4. The van der Waals surface area contributed by atoms with Gasteiger partial charge in [0.25, 0.3) is 5.91 Å². The Bertz CT molecular complexity index is 4460. The van der Waals surface area contributed by atoms with Crippen molar-refractivity contribution < 1.29 is 92.1 Å². The molecule has 18 atom stereocenters. The van der Waals surface area contributed by atoms with Crippen molar-refractivity contribution in [2.75, 3.05) is 75.9 Å². The number of allylic oxidation sites excluding steroid dienone is 3. The Kier molecular flexibility index (Phi) is 40.9. The molecule has 2 fully saturated rings. The third kappa shape index (κ3) is 29.9. The zero-order valence-corrected chi connectivity index (χ0v) is 75.6. The Labute approximate surface area is 744 Å². The van der Waals surface area contributed by atoms with E-state index >= 15 is 19.2 Å². The summed E-state index contributed by atoms with van der Waals surface area (Å²) in [7, 11) is 10.8. The molecular formula is C87H120ClN13O19S4. The summed E-state index contributed by atoms with van der Waals surface area (Å²) in [5.41, 5.74) is 10.5. The van der Waals surface area contributed by atoms with Crippen LogP contribution in [0, 0.1) is 11.8 Å². The van der Waals surface area contributed by atoms with E-state index in [0.717, 1.165) is 49.2 Å². The van der Waals surface area contributed by atoms with Crippen molar-refractivity contribution in [2.45, 2.75) is 209 Å². The van der Waals surface area contributed by atoms with E-state index in [4.69, 9.17) is 36.3 Å². The molecule has 1 aromatic heterocycles. The lowest BCUT2D eigenvalue weighted by molar-refractivity contribution is -0.163. The van der Waals surface area contributed by atoms with Gasteiger partial charge in [-0.15, -0.1) is 0 Å². The Hall–Kier alpha value is -8.92. The molecule has 0 saturated carbocycles. The van der Waals surface area contributed by atoms with Gasteiger partial charge >= 0.3 is 12.1 Å². The van der Waals surface area contributed by atoms with Gasteiger partial charge in [0.1, 0.15) is 59.2 Å². The number of rotatable bonds is 31. The molecule has 3 aliphatic heterocycles. The average molecular weight is 1820 g/mol. The number of aliphatic hydroxyl groups is 4. The topological polar surface area (TPSA) is 462 Å². The number of carbonyl (C=O) groups is 11. The number of alkyl carbamates (subject to hydrolysis) is 1. The number of para-hydroxylation sites is 1. The molecule has 0 aliphatic carbocycles. The first-order chi connectivity index (χ1) is 59.3. The Morgan fingerprint density at radius 2 is 1.44 bits per heavy atom. The summed E-state index contributed by atoms with van der Waals surface area (Å²) in [4.78, 5) is 166. The number of likely N-dealkylation sites (N-methyl/N-ethyl adjacent to an activating group) is 2. The molecule has 32 nitrogen and oxygen atoms in total. The van der Waals surface area contributed by atoms with E-state index in [9.17, 15) is 54.0 Å². The zero-order chi connectivity index (χ0) is 90.3. The predicted octanol–water partition coefficient (Wildman–Crippen LogP) is 5.03. The van der Waals surface area contributed by atoms with Crippen molar-refractivity contribution in [1.29, 1.82) is 0 Å². The highest BCUT2D eigenvalue weighted by Crippen LogP contribution is 2.38. The van der Waals surface area contributed by atoms with Crippen molar-refractivity contribution in [3.05, 3.63) is 154 Å². The maximum absolute atomic E-state index is 15.3. The van der Waals surface area contributed by atoms with Crippen LogP contribution in [0.5, 0.6) is 5.75 Å². The number of nitrogens with one attached hydrogen (secondary N) is 10. The normalized spacial score (nSPS) is 25.1. The first kappa shape index (κ1) is 100. The van der Waals surface area contributed by atoms with Crippen LogP contribution in [0.15, 0.2) is 127 Å². The number of hydrogen-bond acceptors (Lipinski definition) is 25. The third-order valence-electron chi connectivity index (χ3n) is 22.1. The quantitative estimate of drug-likeness (QED) is 0.0157. The summed E-state index contributed by atoms with van der Waals surface area (Å²) >= 11 is 6.93. The van der Waals surface area contributed by atoms with Gasteiger partial charge in [0, 0.05) is 92.9 Å². The number of nitrogens with two attached hydrogens (primary N) is 1. The summed E-state index contributed by atoms with van der Waals surface area (Å²) in [5.74, 6) is -8.56. The lowest BCUT2D eigenvalue weighted by Crippen LogP contribution is -2.62. The van der Waals surface area contributed by atoms with Crippen molar-refractivity contribution in [3.8, 4) is 5.75 Å². The first-order valence-corrected chi connectivity index (χ1v) is 47.0. The minimum atomic E-state index is -1.73. The van der Waals surface area contributed by atoms with E-state index in [-0.39, 0.29) is 80.3 Å². The molecule has 4 bridgehead atoms. The van der Waals surface area contributed by atoms with Gasteiger partial charge in [-0.05, 0) is 132 Å². The smallest absolute Gasteiger partial charge is 0.407 e. The highest BCUT2D eigenvalue weighted by Gasteiger charge is 2.43. The van der Waals surface area contributed by atoms with Crippen LogP contribution in [-0.4, -0.2) is 264 Å². The Balaban J connectivity index is 0.974. The maximum atomic E-state index is 15.3. The second-order valence-electron chi connectivity index (χ2n) is 31.5. The van der Waals surface area contributed by atoms with Crippen molar-refractivity contribution >= 4 is 137 Å². The van der Waals surface area contributed by atoms with Crippen LogP contribution < -0.4 is 63.2 Å². The highest BCUT2D eigenvalue weighted by atomic mass is 35.5. The van der Waals surface area contributed by atoms with E-state index in [0.29, 0.717) is 54.1 Å². The summed E-state index contributed by atoms with van der Waals surface area (Å²) in [6.07, 6.45) is 1.34. The van der Waals surface area contributed by atoms with Crippen LogP contribution in [0.25, 0.3) is 10.9 Å². The van der Waals surface area contributed by atoms with Gasteiger partial charge in [-0.25, -0.2) is 9.59 Å².